The van der Waals surface area contributed by atoms with Crippen LogP contribution in [0, 0.1) is 0 Å². The van der Waals surface area contributed by atoms with E-state index in [4.69, 9.17) is 21.1 Å². The predicted octanol–water partition coefficient (Wildman–Crippen LogP) is 4.04. The minimum atomic E-state index is -3.91. The van der Waals surface area contributed by atoms with E-state index in [2.05, 4.69) is 5.32 Å². The molecule has 0 aliphatic carbocycles. The van der Waals surface area contributed by atoms with Crippen LogP contribution in [0.1, 0.15) is 25.0 Å². The number of halogens is 1. The van der Waals surface area contributed by atoms with Crippen LogP contribution in [-0.4, -0.2) is 63.2 Å². The first kappa shape index (κ1) is 30.2. The third-order valence-corrected chi connectivity index (χ3v) is 7.81. The molecular formula is C30H34ClN3O6S. The van der Waals surface area contributed by atoms with Crippen molar-refractivity contribution in [2.75, 3.05) is 30.3 Å². The first-order chi connectivity index (χ1) is 19.5. The number of fused-ring (bicyclic) bond motifs is 1. The monoisotopic (exact) mass is 599 g/mol. The van der Waals surface area contributed by atoms with E-state index in [9.17, 15) is 18.0 Å². The second-order valence-corrected chi connectivity index (χ2v) is 12.5. The summed E-state index contributed by atoms with van der Waals surface area (Å²) in [7, 11) is -3.91. The Hall–Kier alpha value is -3.76. The van der Waals surface area contributed by atoms with Gasteiger partial charge in [-0.3, -0.25) is 13.9 Å². The molecule has 1 aliphatic heterocycles. The van der Waals surface area contributed by atoms with Gasteiger partial charge in [-0.25, -0.2) is 8.42 Å². The van der Waals surface area contributed by atoms with E-state index in [1.807, 2.05) is 44.2 Å². The molecule has 0 radical (unpaired) electrons. The lowest BCUT2D eigenvalue weighted by Crippen LogP contribution is -2.54. The van der Waals surface area contributed by atoms with Crippen LogP contribution in [-0.2, 0) is 32.6 Å². The number of carbonyl (C=O) groups excluding carboxylic acids is 2. The van der Waals surface area contributed by atoms with Gasteiger partial charge in [0.1, 0.15) is 25.8 Å². The highest BCUT2D eigenvalue weighted by Gasteiger charge is 2.33. The molecule has 2 amide bonds. The number of sulfonamides is 1. The highest BCUT2D eigenvalue weighted by molar-refractivity contribution is 7.92. The van der Waals surface area contributed by atoms with Crippen LogP contribution in [0.15, 0.2) is 72.8 Å². The first-order valence-corrected chi connectivity index (χ1v) is 15.5. The van der Waals surface area contributed by atoms with E-state index < -0.39 is 28.5 Å². The van der Waals surface area contributed by atoms with Crippen molar-refractivity contribution in [2.45, 2.75) is 38.9 Å². The molecule has 1 atom stereocenters. The summed E-state index contributed by atoms with van der Waals surface area (Å²) in [6.45, 7) is 3.91. The van der Waals surface area contributed by atoms with Gasteiger partial charge in [0.05, 0.1) is 11.9 Å². The standard InChI is InChI=1S/C30H34ClN3O6S/c1-21(2)32-30(36)26(17-22-8-5-4-6-9-22)33(19-23-10-7-11-24(31)16-23)29(35)20-34(41(3,37)38)25-12-13-27-28(18-25)40-15-14-39-27/h4-13,16,18,21,26H,14-15,17,19-20H2,1-3H3,(H,32,36). The molecule has 9 nitrogen and oxygen atoms in total. The number of rotatable bonds is 11. The Labute approximate surface area is 246 Å². The van der Waals surface area contributed by atoms with E-state index in [1.54, 1.807) is 36.4 Å². The van der Waals surface area contributed by atoms with E-state index in [0.717, 1.165) is 16.1 Å². The summed E-state index contributed by atoms with van der Waals surface area (Å²) >= 11 is 6.24. The SMILES string of the molecule is CC(C)NC(=O)C(Cc1ccccc1)N(Cc1cccc(Cl)c1)C(=O)CN(c1ccc2c(c1)OCCO2)S(C)(=O)=O. The molecule has 0 saturated heterocycles. The van der Waals surface area contributed by atoms with Gasteiger partial charge in [0, 0.05) is 30.1 Å². The molecule has 0 fully saturated rings. The number of hydrogen-bond donors (Lipinski definition) is 1. The minimum Gasteiger partial charge on any atom is -0.486 e. The van der Waals surface area contributed by atoms with Gasteiger partial charge >= 0.3 is 0 Å². The lowest BCUT2D eigenvalue weighted by atomic mass is 10.0. The second-order valence-electron chi connectivity index (χ2n) is 10.1. The van der Waals surface area contributed by atoms with E-state index in [0.29, 0.717) is 35.3 Å². The van der Waals surface area contributed by atoms with Crippen molar-refractivity contribution >= 4 is 39.1 Å². The fourth-order valence-electron chi connectivity index (χ4n) is 4.57. The largest absolute Gasteiger partial charge is 0.486 e. The maximum atomic E-state index is 14.1. The van der Waals surface area contributed by atoms with Gasteiger partial charge in [0.25, 0.3) is 0 Å². The van der Waals surface area contributed by atoms with Crippen LogP contribution in [0.4, 0.5) is 5.69 Å². The molecule has 4 rings (SSSR count). The van der Waals surface area contributed by atoms with E-state index in [-0.39, 0.29) is 30.6 Å². The summed E-state index contributed by atoms with van der Waals surface area (Å²) < 4.78 is 38.2. The number of carbonyl (C=O) groups is 2. The molecule has 41 heavy (non-hydrogen) atoms. The number of hydrogen-bond acceptors (Lipinski definition) is 6. The Balaban J connectivity index is 1.73. The molecule has 0 bridgehead atoms. The molecule has 3 aromatic rings. The minimum absolute atomic E-state index is 0.0428. The number of ether oxygens (including phenoxy) is 2. The molecule has 1 heterocycles. The third-order valence-electron chi connectivity index (χ3n) is 6.44. The molecule has 1 aliphatic rings. The maximum absolute atomic E-state index is 14.1. The summed E-state index contributed by atoms with van der Waals surface area (Å²) in [5.41, 5.74) is 1.80. The summed E-state index contributed by atoms with van der Waals surface area (Å²) in [5.74, 6) is -0.00543. The van der Waals surface area contributed by atoms with E-state index in [1.165, 1.54) is 11.0 Å². The highest BCUT2D eigenvalue weighted by Crippen LogP contribution is 2.35. The van der Waals surface area contributed by atoms with Gasteiger partial charge in [-0.2, -0.15) is 0 Å². The molecule has 1 unspecified atom stereocenters. The van der Waals surface area contributed by atoms with Crippen molar-refractivity contribution in [1.82, 2.24) is 10.2 Å². The van der Waals surface area contributed by atoms with Crippen molar-refractivity contribution in [3.63, 3.8) is 0 Å². The number of benzene rings is 3. The van der Waals surface area contributed by atoms with E-state index >= 15 is 0 Å². The molecular weight excluding hydrogens is 566 g/mol. The molecule has 11 heteroatoms. The van der Waals surface area contributed by atoms with Gasteiger partial charge in [0.15, 0.2) is 11.5 Å². The molecule has 218 valence electrons. The van der Waals surface area contributed by atoms with Crippen LogP contribution < -0.4 is 19.1 Å². The Morgan fingerprint density at radius 2 is 1.61 bits per heavy atom. The van der Waals surface area contributed by atoms with Crippen molar-refractivity contribution in [1.29, 1.82) is 0 Å². The molecule has 0 spiro atoms. The lowest BCUT2D eigenvalue weighted by Gasteiger charge is -2.34. The number of nitrogens with one attached hydrogen (secondary N) is 1. The van der Waals surface area contributed by atoms with Gasteiger partial charge in [-0.05, 0) is 49.2 Å². The van der Waals surface area contributed by atoms with Gasteiger partial charge in [0.2, 0.25) is 21.8 Å². The Morgan fingerprint density at radius 1 is 0.927 bits per heavy atom. The Bertz CT molecular complexity index is 1480. The summed E-state index contributed by atoms with van der Waals surface area (Å²) in [6.07, 6.45) is 1.26. The van der Waals surface area contributed by atoms with Crippen molar-refractivity contribution in [3.8, 4) is 11.5 Å². The normalized spacial score (nSPS) is 13.4. The van der Waals surface area contributed by atoms with Gasteiger partial charge in [-0.15, -0.1) is 0 Å². The summed E-state index contributed by atoms with van der Waals surface area (Å²) in [4.78, 5) is 29.1. The zero-order valence-electron chi connectivity index (χ0n) is 23.2. The van der Waals surface area contributed by atoms with Gasteiger partial charge < -0.3 is 19.7 Å². The average Bonchev–Trinajstić information content (AvgIpc) is 2.93. The van der Waals surface area contributed by atoms with Crippen molar-refractivity contribution < 1.29 is 27.5 Å². The van der Waals surface area contributed by atoms with Crippen LogP contribution in [0.2, 0.25) is 5.02 Å². The topological polar surface area (TPSA) is 105 Å². The molecule has 0 saturated carbocycles. The van der Waals surface area contributed by atoms with Crippen LogP contribution in [0.5, 0.6) is 11.5 Å². The van der Waals surface area contributed by atoms with Crippen molar-refractivity contribution in [2.24, 2.45) is 0 Å². The van der Waals surface area contributed by atoms with Crippen LogP contribution in [0.3, 0.4) is 0 Å². The van der Waals surface area contributed by atoms with Crippen molar-refractivity contribution in [3.05, 3.63) is 88.9 Å². The fourth-order valence-corrected chi connectivity index (χ4v) is 5.62. The number of anilines is 1. The predicted molar refractivity (Wildman–Crippen MR) is 159 cm³/mol. The van der Waals surface area contributed by atoms with Gasteiger partial charge in [-0.1, -0.05) is 54.1 Å². The van der Waals surface area contributed by atoms with Crippen LogP contribution >= 0.6 is 11.6 Å². The smallest absolute Gasteiger partial charge is 0.244 e. The highest BCUT2D eigenvalue weighted by atomic mass is 35.5. The maximum Gasteiger partial charge on any atom is 0.244 e. The second kappa shape index (κ2) is 13.3. The first-order valence-electron chi connectivity index (χ1n) is 13.3. The zero-order valence-corrected chi connectivity index (χ0v) is 24.8. The van der Waals surface area contributed by atoms with Crippen LogP contribution in [0.25, 0.3) is 0 Å². The molecule has 1 N–H and O–H groups in total. The number of nitrogens with zero attached hydrogens (tertiary/aromatic N) is 2. The quantitative estimate of drug-likeness (QED) is 0.357. The fraction of sp³-hybridized carbons (Fsp3) is 0.333. The Kier molecular flexibility index (Phi) is 9.77. The Morgan fingerprint density at radius 3 is 2.27 bits per heavy atom. The molecule has 3 aromatic carbocycles. The number of amides is 2. The molecule has 0 aromatic heterocycles. The summed E-state index contributed by atoms with van der Waals surface area (Å²) in [6, 6.07) is 20.0. The average molecular weight is 600 g/mol. The third kappa shape index (κ3) is 8.14. The zero-order chi connectivity index (χ0) is 29.6. The lowest BCUT2D eigenvalue weighted by molar-refractivity contribution is -0.140. The summed E-state index contributed by atoms with van der Waals surface area (Å²) in [5, 5.41) is 3.41.